The molecule has 1 aromatic rings. The highest BCUT2D eigenvalue weighted by Crippen LogP contribution is 2.23. The van der Waals surface area contributed by atoms with Crippen LogP contribution in [0.2, 0.25) is 5.02 Å². The molecular weight excluding hydrogens is 264 g/mol. The lowest BCUT2D eigenvalue weighted by Gasteiger charge is -2.12. The Hall–Kier alpha value is -0.820. The van der Waals surface area contributed by atoms with E-state index in [1.54, 1.807) is 0 Å². The molecule has 0 spiro atoms. The van der Waals surface area contributed by atoms with Gasteiger partial charge in [-0.3, -0.25) is 0 Å². The molecule has 0 saturated carbocycles. The second-order valence-electron chi connectivity index (χ2n) is 3.86. The molecule has 2 rings (SSSR count). The Morgan fingerprint density at radius 2 is 2.24 bits per heavy atom. The summed E-state index contributed by atoms with van der Waals surface area (Å²) in [6, 6.07) is 4.13. The Bertz CT molecular complexity index is 512. The minimum absolute atomic E-state index is 0.0498. The van der Waals surface area contributed by atoms with Crippen molar-refractivity contribution >= 4 is 27.3 Å². The molecule has 1 atom stereocenters. The normalized spacial score (nSPS) is 20.6. The van der Waals surface area contributed by atoms with Crippen LogP contribution in [0, 0.1) is 0 Å². The predicted octanol–water partition coefficient (Wildman–Crippen LogP) is 0.989. The van der Waals surface area contributed by atoms with E-state index in [1.165, 1.54) is 18.2 Å². The Kier molecular flexibility index (Phi) is 3.58. The molecular formula is C10H13ClN2O3S. The highest BCUT2D eigenvalue weighted by atomic mass is 35.5. The van der Waals surface area contributed by atoms with Crippen molar-refractivity contribution in [1.29, 1.82) is 0 Å². The molecule has 0 aliphatic carbocycles. The number of ether oxygens (including phenoxy) is 1. The summed E-state index contributed by atoms with van der Waals surface area (Å²) < 4.78 is 31.7. The first-order valence-electron chi connectivity index (χ1n) is 5.14. The number of sulfonamides is 1. The molecule has 1 fully saturated rings. The van der Waals surface area contributed by atoms with Gasteiger partial charge < -0.3 is 10.5 Å². The standard InChI is InChI=1S/C10H13ClN2O3S/c11-7-1-2-10(9(12)5-7)17(14,15)13-8-3-4-16-6-8/h1-2,5,8,13H,3-4,6,12H2. The number of halogens is 1. The summed E-state index contributed by atoms with van der Waals surface area (Å²) in [5, 5.41) is 0.408. The maximum absolute atomic E-state index is 12.0. The maximum atomic E-state index is 12.0. The first-order valence-corrected chi connectivity index (χ1v) is 7.00. The van der Waals surface area contributed by atoms with Crippen LogP contribution in [-0.4, -0.2) is 27.7 Å². The van der Waals surface area contributed by atoms with Gasteiger partial charge in [0.1, 0.15) is 4.90 Å². The number of hydrogen-bond acceptors (Lipinski definition) is 4. The molecule has 17 heavy (non-hydrogen) atoms. The van der Waals surface area contributed by atoms with Crippen LogP contribution in [-0.2, 0) is 14.8 Å². The Balaban J connectivity index is 2.24. The zero-order chi connectivity index (χ0) is 12.5. The van der Waals surface area contributed by atoms with E-state index in [2.05, 4.69) is 4.72 Å². The largest absolute Gasteiger partial charge is 0.398 e. The fraction of sp³-hybridized carbons (Fsp3) is 0.400. The molecule has 1 unspecified atom stereocenters. The monoisotopic (exact) mass is 276 g/mol. The van der Waals surface area contributed by atoms with Crippen molar-refractivity contribution in [2.24, 2.45) is 0 Å². The molecule has 1 aliphatic rings. The average Bonchev–Trinajstić information content (AvgIpc) is 2.68. The van der Waals surface area contributed by atoms with Gasteiger partial charge in [-0.25, -0.2) is 13.1 Å². The first kappa shape index (κ1) is 12.6. The fourth-order valence-electron chi connectivity index (χ4n) is 1.67. The lowest BCUT2D eigenvalue weighted by atomic mass is 10.3. The third kappa shape index (κ3) is 2.90. The lowest BCUT2D eigenvalue weighted by molar-refractivity contribution is 0.192. The van der Waals surface area contributed by atoms with Crippen molar-refractivity contribution in [2.45, 2.75) is 17.4 Å². The second kappa shape index (κ2) is 4.81. The maximum Gasteiger partial charge on any atom is 0.242 e. The van der Waals surface area contributed by atoms with Gasteiger partial charge in [0.05, 0.1) is 12.3 Å². The van der Waals surface area contributed by atoms with Gasteiger partial charge in [-0.1, -0.05) is 11.6 Å². The molecule has 1 aromatic carbocycles. The van der Waals surface area contributed by atoms with Crippen LogP contribution in [0.25, 0.3) is 0 Å². The molecule has 1 aliphatic heterocycles. The summed E-state index contributed by atoms with van der Waals surface area (Å²) in [7, 11) is -3.60. The van der Waals surface area contributed by atoms with Crippen LogP contribution in [0.1, 0.15) is 6.42 Å². The fourth-order valence-corrected chi connectivity index (χ4v) is 3.22. The van der Waals surface area contributed by atoms with Crippen LogP contribution in [0.3, 0.4) is 0 Å². The highest BCUT2D eigenvalue weighted by molar-refractivity contribution is 7.89. The summed E-state index contributed by atoms with van der Waals surface area (Å²) in [4.78, 5) is 0.0498. The molecule has 0 aromatic heterocycles. The Morgan fingerprint density at radius 3 is 2.82 bits per heavy atom. The third-order valence-corrected chi connectivity index (χ3v) is 4.34. The Labute approximate surface area is 105 Å². The van der Waals surface area contributed by atoms with Gasteiger partial charge in [-0.15, -0.1) is 0 Å². The summed E-state index contributed by atoms with van der Waals surface area (Å²) in [6.45, 7) is 0.968. The van der Waals surface area contributed by atoms with Crippen LogP contribution >= 0.6 is 11.6 Å². The van der Waals surface area contributed by atoms with Crippen LogP contribution < -0.4 is 10.5 Å². The topological polar surface area (TPSA) is 81.4 Å². The number of rotatable bonds is 3. The van der Waals surface area contributed by atoms with Crippen molar-refractivity contribution in [3.05, 3.63) is 23.2 Å². The van der Waals surface area contributed by atoms with Crippen LogP contribution in [0.15, 0.2) is 23.1 Å². The van der Waals surface area contributed by atoms with E-state index in [4.69, 9.17) is 22.1 Å². The number of anilines is 1. The van der Waals surface area contributed by atoms with E-state index in [1.807, 2.05) is 0 Å². The van der Waals surface area contributed by atoms with E-state index in [-0.39, 0.29) is 16.6 Å². The number of nitrogens with one attached hydrogen (secondary N) is 1. The first-order chi connectivity index (χ1) is 7.99. The number of hydrogen-bond donors (Lipinski definition) is 2. The van der Waals surface area contributed by atoms with Crippen molar-refractivity contribution in [3.8, 4) is 0 Å². The summed E-state index contributed by atoms with van der Waals surface area (Å²) in [5.74, 6) is 0. The molecule has 0 amide bonds. The summed E-state index contributed by atoms with van der Waals surface area (Å²) >= 11 is 5.72. The van der Waals surface area contributed by atoms with Crippen LogP contribution in [0.4, 0.5) is 5.69 Å². The molecule has 0 bridgehead atoms. The molecule has 5 nitrogen and oxygen atoms in total. The number of nitrogens with two attached hydrogens (primary N) is 1. The average molecular weight is 277 g/mol. The minimum Gasteiger partial charge on any atom is -0.398 e. The lowest BCUT2D eigenvalue weighted by Crippen LogP contribution is -2.35. The van der Waals surface area contributed by atoms with Gasteiger partial charge in [-0.05, 0) is 24.6 Å². The van der Waals surface area contributed by atoms with Gasteiger partial charge in [0, 0.05) is 17.7 Å². The van der Waals surface area contributed by atoms with Crippen molar-refractivity contribution in [2.75, 3.05) is 18.9 Å². The molecule has 1 heterocycles. The second-order valence-corrected chi connectivity index (χ2v) is 5.98. The highest BCUT2D eigenvalue weighted by Gasteiger charge is 2.24. The van der Waals surface area contributed by atoms with Gasteiger partial charge in [0.2, 0.25) is 10.0 Å². The van der Waals surface area contributed by atoms with Gasteiger partial charge >= 0.3 is 0 Å². The quantitative estimate of drug-likeness (QED) is 0.807. The van der Waals surface area contributed by atoms with E-state index in [9.17, 15) is 8.42 Å². The van der Waals surface area contributed by atoms with E-state index >= 15 is 0 Å². The smallest absolute Gasteiger partial charge is 0.242 e. The number of nitrogen functional groups attached to an aromatic ring is 1. The zero-order valence-electron chi connectivity index (χ0n) is 9.02. The van der Waals surface area contributed by atoms with Crippen molar-refractivity contribution in [3.63, 3.8) is 0 Å². The van der Waals surface area contributed by atoms with E-state index in [0.717, 1.165) is 0 Å². The van der Waals surface area contributed by atoms with E-state index in [0.29, 0.717) is 24.7 Å². The van der Waals surface area contributed by atoms with Crippen LogP contribution in [0.5, 0.6) is 0 Å². The van der Waals surface area contributed by atoms with E-state index < -0.39 is 10.0 Å². The SMILES string of the molecule is Nc1cc(Cl)ccc1S(=O)(=O)NC1CCOC1. The predicted molar refractivity (Wildman–Crippen MR) is 65.4 cm³/mol. The molecule has 0 radical (unpaired) electrons. The molecule has 7 heteroatoms. The Morgan fingerprint density at radius 1 is 1.47 bits per heavy atom. The molecule has 3 N–H and O–H groups in total. The molecule has 1 saturated heterocycles. The summed E-state index contributed by atoms with van der Waals surface area (Å²) in [5.41, 5.74) is 5.79. The van der Waals surface area contributed by atoms with Gasteiger partial charge in [0.25, 0.3) is 0 Å². The van der Waals surface area contributed by atoms with Gasteiger partial charge in [0.15, 0.2) is 0 Å². The van der Waals surface area contributed by atoms with Crippen molar-refractivity contribution in [1.82, 2.24) is 4.72 Å². The minimum atomic E-state index is -3.60. The van der Waals surface area contributed by atoms with Crippen molar-refractivity contribution < 1.29 is 13.2 Å². The molecule has 94 valence electrons. The number of benzene rings is 1. The summed E-state index contributed by atoms with van der Waals surface area (Å²) in [6.07, 6.45) is 0.673. The third-order valence-electron chi connectivity index (χ3n) is 2.51. The van der Waals surface area contributed by atoms with Gasteiger partial charge in [-0.2, -0.15) is 0 Å². The zero-order valence-corrected chi connectivity index (χ0v) is 10.6.